The van der Waals surface area contributed by atoms with Crippen LogP contribution in [0.3, 0.4) is 0 Å². The Balaban J connectivity index is 2.37. The number of benzene rings is 1. The summed E-state index contributed by atoms with van der Waals surface area (Å²) in [6.45, 7) is 3.66. The monoisotopic (exact) mass is 282 g/mol. The van der Waals surface area contributed by atoms with E-state index in [1.165, 1.54) is 11.3 Å². The van der Waals surface area contributed by atoms with Gasteiger partial charge in [-0.15, -0.1) is 11.3 Å². The molecule has 0 saturated carbocycles. The van der Waals surface area contributed by atoms with Crippen molar-refractivity contribution in [1.82, 2.24) is 0 Å². The Hall–Kier alpha value is -1.53. The zero-order chi connectivity index (χ0) is 13.3. The summed E-state index contributed by atoms with van der Waals surface area (Å²) in [5.74, 6) is 0. The quantitative estimate of drug-likeness (QED) is 0.850. The molecule has 1 aromatic heterocycles. The van der Waals surface area contributed by atoms with E-state index in [0.717, 1.165) is 10.4 Å². The van der Waals surface area contributed by atoms with E-state index in [-0.39, 0.29) is 0 Å². The van der Waals surface area contributed by atoms with Gasteiger partial charge in [0.2, 0.25) is 0 Å². The lowest BCUT2D eigenvalue weighted by atomic mass is 10.2. The molecule has 2 rings (SSSR count). The molecule has 0 aliphatic rings. The van der Waals surface area contributed by atoms with Crippen molar-refractivity contribution in [3.63, 3.8) is 0 Å². The highest BCUT2D eigenvalue weighted by Crippen LogP contribution is 2.26. The second-order valence-corrected chi connectivity index (χ2v) is 7.19. The normalized spacial score (nSPS) is 11.4. The highest BCUT2D eigenvalue weighted by atomic mass is 32.2. The Morgan fingerprint density at radius 3 is 2.50 bits per heavy atom. The third-order valence-corrected chi connectivity index (χ3v) is 5.46. The first-order valence-electron chi connectivity index (χ1n) is 5.34. The number of sulfonamides is 1. The van der Waals surface area contributed by atoms with Crippen LogP contribution in [0.1, 0.15) is 10.4 Å². The minimum atomic E-state index is -3.52. The fourth-order valence-corrected chi connectivity index (χ4v) is 3.92. The lowest BCUT2D eigenvalue weighted by Crippen LogP contribution is -2.12. The summed E-state index contributed by atoms with van der Waals surface area (Å²) in [6, 6.07) is 8.54. The number of anilines is 2. The molecule has 0 atom stereocenters. The Morgan fingerprint density at radius 1 is 1.17 bits per heavy atom. The second kappa shape index (κ2) is 4.62. The number of nitrogens with one attached hydrogen (secondary N) is 1. The maximum Gasteiger partial charge on any atom is 0.271 e. The molecule has 0 fully saturated rings. The number of hydrogen-bond acceptors (Lipinski definition) is 4. The Morgan fingerprint density at radius 2 is 1.89 bits per heavy atom. The average Bonchev–Trinajstić information content (AvgIpc) is 2.72. The standard InChI is InChI=1S/C12H14N2O2S2/c1-8-6-7-12(17-8)18(15,16)14-11-5-3-4-10(13)9(11)2/h3-7,14H,13H2,1-2H3. The largest absolute Gasteiger partial charge is 0.398 e. The molecule has 0 aliphatic heterocycles. The van der Waals surface area contributed by atoms with Crippen LogP contribution in [0.5, 0.6) is 0 Å². The third kappa shape index (κ3) is 2.49. The van der Waals surface area contributed by atoms with Gasteiger partial charge in [0.25, 0.3) is 10.0 Å². The number of aryl methyl sites for hydroxylation is 1. The van der Waals surface area contributed by atoms with Gasteiger partial charge in [0.05, 0.1) is 5.69 Å². The summed E-state index contributed by atoms with van der Waals surface area (Å²) in [6.07, 6.45) is 0. The molecule has 0 unspecified atom stereocenters. The van der Waals surface area contributed by atoms with E-state index in [2.05, 4.69) is 4.72 Å². The van der Waals surface area contributed by atoms with Gasteiger partial charge in [-0.3, -0.25) is 4.72 Å². The van der Waals surface area contributed by atoms with Crippen molar-refractivity contribution in [3.8, 4) is 0 Å². The van der Waals surface area contributed by atoms with Crippen LogP contribution in [0.2, 0.25) is 0 Å². The van der Waals surface area contributed by atoms with Crippen LogP contribution >= 0.6 is 11.3 Å². The third-order valence-electron chi connectivity index (χ3n) is 2.60. The zero-order valence-electron chi connectivity index (χ0n) is 10.1. The van der Waals surface area contributed by atoms with E-state index in [0.29, 0.717) is 15.6 Å². The Bertz CT molecular complexity index is 675. The van der Waals surface area contributed by atoms with Gasteiger partial charge >= 0.3 is 0 Å². The molecule has 3 N–H and O–H groups in total. The molecule has 18 heavy (non-hydrogen) atoms. The molecule has 2 aromatic rings. The van der Waals surface area contributed by atoms with Crippen LogP contribution in [0.15, 0.2) is 34.5 Å². The van der Waals surface area contributed by atoms with Crippen molar-refractivity contribution < 1.29 is 8.42 Å². The highest BCUT2D eigenvalue weighted by molar-refractivity contribution is 7.94. The molecule has 0 radical (unpaired) electrons. The SMILES string of the molecule is Cc1ccc(S(=O)(=O)Nc2cccc(N)c2C)s1. The van der Waals surface area contributed by atoms with E-state index >= 15 is 0 Å². The van der Waals surface area contributed by atoms with E-state index < -0.39 is 10.0 Å². The lowest BCUT2D eigenvalue weighted by molar-refractivity contribution is 0.603. The van der Waals surface area contributed by atoms with Gasteiger partial charge in [0.1, 0.15) is 4.21 Å². The maximum absolute atomic E-state index is 12.1. The van der Waals surface area contributed by atoms with Crippen molar-refractivity contribution in [2.24, 2.45) is 0 Å². The number of thiophene rings is 1. The van der Waals surface area contributed by atoms with Gasteiger partial charge < -0.3 is 5.73 Å². The van der Waals surface area contributed by atoms with E-state index in [9.17, 15) is 8.42 Å². The second-order valence-electron chi connectivity index (χ2n) is 3.99. The molecule has 96 valence electrons. The van der Waals surface area contributed by atoms with Crippen molar-refractivity contribution in [3.05, 3.63) is 40.8 Å². The van der Waals surface area contributed by atoms with Crippen LogP contribution in [-0.4, -0.2) is 8.42 Å². The first kappa shape index (κ1) is 12.9. The van der Waals surface area contributed by atoms with E-state index in [1.54, 1.807) is 37.3 Å². The molecule has 0 spiro atoms. The summed E-state index contributed by atoms with van der Waals surface area (Å²) in [5, 5.41) is 0. The highest BCUT2D eigenvalue weighted by Gasteiger charge is 2.17. The number of nitrogens with two attached hydrogens (primary N) is 1. The first-order valence-corrected chi connectivity index (χ1v) is 7.64. The maximum atomic E-state index is 12.1. The Labute approximate surface area is 111 Å². The van der Waals surface area contributed by atoms with Crippen molar-refractivity contribution >= 4 is 32.7 Å². The number of hydrogen-bond donors (Lipinski definition) is 2. The minimum absolute atomic E-state index is 0.307. The molecular formula is C12H14N2O2S2. The van der Waals surface area contributed by atoms with Gasteiger partial charge in [-0.25, -0.2) is 8.42 Å². The van der Waals surface area contributed by atoms with Gasteiger partial charge in [0, 0.05) is 10.6 Å². The zero-order valence-corrected chi connectivity index (χ0v) is 11.7. The van der Waals surface area contributed by atoms with Gasteiger partial charge in [-0.05, 0) is 43.7 Å². The minimum Gasteiger partial charge on any atom is -0.398 e. The predicted octanol–water partition coefficient (Wildman–Crippen LogP) is 2.75. The van der Waals surface area contributed by atoms with Gasteiger partial charge in [-0.1, -0.05) is 6.07 Å². The first-order chi connectivity index (χ1) is 8.40. The van der Waals surface area contributed by atoms with Crippen molar-refractivity contribution in [1.29, 1.82) is 0 Å². The van der Waals surface area contributed by atoms with Crippen LogP contribution in [0.4, 0.5) is 11.4 Å². The molecular weight excluding hydrogens is 268 g/mol. The van der Waals surface area contributed by atoms with E-state index in [4.69, 9.17) is 5.73 Å². The summed E-state index contributed by atoms with van der Waals surface area (Å²) in [4.78, 5) is 0.958. The van der Waals surface area contributed by atoms with Crippen LogP contribution in [-0.2, 0) is 10.0 Å². The summed E-state index contributed by atoms with van der Waals surface area (Å²) < 4.78 is 27.1. The van der Waals surface area contributed by atoms with Gasteiger partial charge in [0.15, 0.2) is 0 Å². The summed E-state index contributed by atoms with van der Waals surface area (Å²) >= 11 is 1.24. The predicted molar refractivity (Wildman–Crippen MR) is 75.5 cm³/mol. The average molecular weight is 282 g/mol. The fourth-order valence-electron chi connectivity index (χ4n) is 1.52. The molecule has 6 heteroatoms. The molecule has 0 bridgehead atoms. The van der Waals surface area contributed by atoms with Crippen LogP contribution < -0.4 is 10.5 Å². The molecule has 1 aromatic carbocycles. The molecule has 0 amide bonds. The number of rotatable bonds is 3. The molecule has 0 aliphatic carbocycles. The topological polar surface area (TPSA) is 72.2 Å². The van der Waals surface area contributed by atoms with Crippen LogP contribution in [0, 0.1) is 13.8 Å². The lowest BCUT2D eigenvalue weighted by Gasteiger charge is -2.10. The molecule has 1 heterocycles. The number of nitrogen functional groups attached to an aromatic ring is 1. The summed E-state index contributed by atoms with van der Waals surface area (Å²) in [7, 11) is -3.52. The summed E-state index contributed by atoms with van der Waals surface area (Å²) in [5.41, 5.74) is 7.56. The van der Waals surface area contributed by atoms with Crippen molar-refractivity contribution in [2.75, 3.05) is 10.5 Å². The molecule has 4 nitrogen and oxygen atoms in total. The smallest absolute Gasteiger partial charge is 0.271 e. The van der Waals surface area contributed by atoms with E-state index in [1.807, 2.05) is 6.92 Å². The Kier molecular flexibility index (Phi) is 3.32. The van der Waals surface area contributed by atoms with Crippen LogP contribution in [0.25, 0.3) is 0 Å². The fraction of sp³-hybridized carbons (Fsp3) is 0.167. The van der Waals surface area contributed by atoms with Gasteiger partial charge in [-0.2, -0.15) is 0 Å². The molecule has 0 saturated heterocycles. The van der Waals surface area contributed by atoms with Crippen molar-refractivity contribution in [2.45, 2.75) is 18.1 Å².